The first-order valence-electron chi connectivity index (χ1n) is 7.69. The molecule has 0 radical (unpaired) electrons. The maximum atomic E-state index is 12.5. The summed E-state index contributed by atoms with van der Waals surface area (Å²) in [6.45, 7) is 0.744. The normalized spacial score (nSPS) is 26.3. The van der Waals surface area contributed by atoms with Crippen LogP contribution >= 0.6 is 0 Å². The molecule has 2 N–H and O–H groups in total. The number of hydrogen-bond acceptors (Lipinski definition) is 3. The number of para-hydroxylation sites is 1. The Hall–Kier alpha value is -2.25. The average Bonchev–Trinajstić information content (AvgIpc) is 3.12. The lowest BCUT2D eigenvalue weighted by Gasteiger charge is -2.17. The number of nitrogens with two attached hydrogens (primary N) is 1. The molecule has 0 aromatic heterocycles. The lowest BCUT2D eigenvalue weighted by Crippen LogP contribution is -2.33. The van der Waals surface area contributed by atoms with Crippen LogP contribution in [0.3, 0.4) is 0 Å². The Morgan fingerprint density at radius 2 is 1.96 bits per heavy atom. The minimum absolute atomic E-state index is 0.134. The summed E-state index contributed by atoms with van der Waals surface area (Å²) in [6.07, 6.45) is -3.75. The van der Waals surface area contributed by atoms with Crippen molar-refractivity contribution in [1.82, 2.24) is 4.90 Å². The van der Waals surface area contributed by atoms with Gasteiger partial charge in [-0.25, -0.2) is 0 Å². The average molecular weight is 342 g/mol. The Kier molecular flexibility index (Phi) is 4.15. The summed E-state index contributed by atoms with van der Waals surface area (Å²) in [6, 6.07) is 5.88. The summed E-state index contributed by atoms with van der Waals surface area (Å²) < 4.78 is 41.5. The Labute approximate surface area is 136 Å². The third kappa shape index (κ3) is 3.47. The fourth-order valence-corrected chi connectivity index (χ4v) is 3.24. The number of carbonyl (C=O) groups excluding carboxylic acids is 2. The van der Waals surface area contributed by atoms with E-state index in [4.69, 9.17) is 5.73 Å². The van der Waals surface area contributed by atoms with Crippen molar-refractivity contribution in [3.05, 3.63) is 29.8 Å². The Bertz CT molecular complexity index is 662. The molecule has 1 aromatic rings. The summed E-state index contributed by atoms with van der Waals surface area (Å²) in [4.78, 5) is 25.2. The van der Waals surface area contributed by atoms with E-state index >= 15 is 0 Å². The predicted molar refractivity (Wildman–Crippen MR) is 77.9 cm³/mol. The molecule has 3 atom stereocenters. The minimum Gasteiger partial charge on any atom is -0.405 e. The van der Waals surface area contributed by atoms with E-state index in [1.807, 2.05) is 0 Å². The standard InChI is InChI=1S/C16H17F3N2O3/c17-16(18,19)24-13-4-2-1-3-10(13)11-7-12(11)15(23)21-6-5-9(8-21)14(20)22/h1-4,9,11-12H,5-8H2,(H2,20,22)/t9-,11+,12-/m1/s1. The van der Waals surface area contributed by atoms with Crippen molar-refractivity contribution in [3.8, 4) is 5.75 Å². The molecule has 1 saturated heterocycles. The van der Waals surface area contributed by atoms with Gasteiger partial charge in [0.05, 0.1) is 5.92 Å². The zero-order valence-corrected chi connectivity index (χ0v) is 12.8. The highest BCUT2D eigenvalue weighted by atomic mass is 19.4. The van der Waals surface area contributed by atoms with Gasteiger partial charge in [-0.05, 0) is 30.4 Å². The molecule has 5 nitrogen and oxygen atoms in total. The van der Waals surface area contributed by atoms with E-state index < -0.39 is 12.3 Å². The van der Waals surface area contributed by atoms with Crippen LogP contribution in [0.1, 0.15) is 24.3 Å². The van der Waals surface area contributed by atoms with E-state index in [1.165, 1.54) is 12.1 Å². The zero-order valence-electron chi connectivity index (χ0n) is 12.8. The second kappa shape index (κ2) is 5.99. The van der Waals surface area contributed by atoms with Gasteiger partial charge in [0.2, 0.25) is 11.8 Å². The van der Waals surface area contributed by atoms with E-state index in [0.29, 0.717) is 24.9 Å². The van der Waals surface area contributed by atoms with Crippen molar-refractivity contribution in [3.63, 3.8) is 0 Å². The van der Waals surface area contributed by atoms with Crippen molar-refractivity contribution in [2.24, 2.45) is 17.6 Å². The second-order valence-electron chi connectivity index (χ2n) is 6.21. The van der Waals surface area contributed by atoms with Crippen molar-refractivity contribution >= 4 is 11.8 Å². The lowest BCUT2D eigenvalue weighted by molar-refractivity contribution is -0.274. The summed E-state index contributed by atoms with van der Waals surface area (Å²) in [5.41, 5.74) is 5.64. The summed E-state index contributed by atoms with van der Waals surface area (Å²) in [5.74, 6) is -1.82. The van der Waals surface area contributed by atoms with E-state index in [0.717, 1.165) is 0 Å². The van der Waals surface area contributed by atoms with Crippen molar-refractivity contribution in [1.29, 1.82) is 0 Å². The van der Waals surface area contributed by atoms with Crippen LogP contribution in [0.5, 0.6) is 5.75 Å². The smallest absolute Gasteiger partial charge is 0.405 e. The fraction of sp³-hybridized carbons (Fsp3) is 0.500. The molecule has 0 bridgehead atoms. The number of carbonyl (C=O) groups is 2. The number of amides is 2. The number of benzene rings is 1. The van der Waals surface area contributed by atoms with Gasteiger partial charge in [-0.1, -0.05) is 18.2 Å². The van der Waals surface area contributed by atoms with Gasteiger partial charge in [0.25, 0.3) is 0 Å². The minimum atomic E-state index is -4.77. The largest absolute Gasteiger partial charge is 0.573 e. The highest BCUT2D eigenvalue weighted by molar-refractivity contribution is 5.85. The van der Waals surface area contributed by atoms with Crippen molar-refractivity contribution in [2.45, 2.75) is 25.1 Å². The number of hydrogen-bond donors (Lipinski definition) is 1. The van der Waals surface area contributed by atoms with Crippen LogP contribution in [0.25, 0.3) is 0 Å². The van der Waals surface area contributed by atoms with Crippen LogP contribution in [0, 0.1) is 11.8 Å². The number of primary amides is 1. The van der Waals surface area contributed by atoms with Gasteiger partial charge in [-0.3, -0.25) is 9.59 Å². The Balaban J connectivity index is 1.68. The third-order valence-electron chi connectivity index (χ3n) is 4.55. The first kappa shape index (κ1) is 16.6. The van der Waals surface area contributed by atoms with Gasteiger partial charge in [0.15, 0.2) is 0 Å². The third-order valence-corrected chi connectivity index (χ3v) is 4.55. The molecule has 2 amide bonds. The maximum Gasteiger partial charge on any atom is 0.573 e. The van der Waals surface area contributed by atoms with E-state index in [1.54, 1.807) is 17.0 Å². The molecule has 3 rings (SSSR count). The number of halogens is 3. The van der Waals surface area contributed by atoms with Gasteiger partial charge in [0.1, 0.15) is 5.75 Å². The first-order valence-corrected chi connectivity index (χ1v) is 7.69. The molecule has 130 valence electrons. The molecule has 8 heteroatoms. The SMILES string of the molecule is NC(=O)[C@@H]1CCN(C(=O)[C@@H]2C[C@H]2c2ccccc2OC(F)(F)F)C1. The topological polar surface area (TPSA) is 72.6 Å². The van der Waals surface area contributed by atoms with Gasteiger partial charge in [-0.2, -0.15) is 0 Å². The second-order valence-corrected chi connectivity index (χ2v) is 6.21. The summed E-state index contributed by atoms with van der Waals surface area (Å²) in [7, 11) is 0. The van der Waals surface area contributed by atoms with Crippen molar-refractivity contribution in [2.75, 3.05) is 13.1 Å². The van der Waals surface area contributed by atoms with Crippen LogP contribution in [-0.4, -0.2) is 36.2 Å². The van der Waals surface area contributed by atoms with Gasteiger partial charge in [0, 0.05) is 19.0 Å². The van der Waals surface area contributed by atoms with Crippen molar-refractivity contribution < 1.29 is 27.5 Å². The number of likely N-dealkylation sites (tertiary alicyclic amines) is 1. The number of rotatable bonds is 4. The zero-order chi connectivity index (χ0) is 17.5. The van der Waals surface area contributed by atoms with Gasteiger partial charge in [-0.15, -0.1) is 13.2 Å². The molecule has 24 heavy (non-hydrogen) atoms. The van der Waals surface area contributed by atoms with E-state index in [9.17, 15) is 22.8 Å². The molecular formula is C16H17F3N2O3. The predicted octanol–water partition coefficient (Wildman–Crippen LogP) is 2.02. The van der Waals surface area contributed by atoms with Gasteiger partial charge >= 0.3 is 6.36 Å². The first-order chi connectivity index (χ1) is 11.3. The van der Waals surface area contributed by atoms with Crippen LogP contribution in [0.4, 0.5) is 13.2 Å². The quantitative estimate of drug-likeness (QED) is 0.910. The van der Waals surface area contributed by atoms with Crippen LogP contribution in [0.15, 0.2) is 24.3 Å². The molecule has 0 spiro atoms. The molecule has 2 fully saturated rings. The molecule has 1 aliphatic carbocycles. The maximum absolute atomic E-state index is 12.5. The van der Waals surface area contributed by atoms with E-state index in [2.05, 4.69) is 4.74 Å². The fourth-order valence-electron chi connectivity index (χ4n) is 3.24. The number of alkyl halides is 3. The monoisotopic (exact) mass is 342 g/mol. The number of ether oxygens (including phenoxy) is 1. The molecule has 1 aromatic carbocycles. The summed E-state index contributed by atoms with van der Waals surface area (Å²) >= 11 is 0. The highest BCUT2D eigenvalue weighted by Crippen LogP contribution is 2.52. The lowest BCUT2D eigenvalue weighted by atomic mass is 10.1. The molecule has 0 unspecified atom stereocenters. The number of nitrogens with zero attached hydrogens (tertiary/aromatic N) is 1. The molecule has 1 aliphatic heterocycles. The Morgan fingerprint density at radius 3 is 2.58 bits per heavy atom. The highest BCUT2D eigenvalue weighted by Gasteiger charge is 2.48. The van der Waals surface area contributed by atoms with Crippen LogP contribution in [-0.2, 0) is 9.59 Å². The van der Waals surface area contributed by atoms with Crippen LogP contribution < -0.4 is 10.5 Å². The van der Waals surface area contributed by atoms with Gasteiger partial charge < -0.3 is 15.4 Å². The molecular weight excluding hydrogens is 325 g/mol. The molecule has 1 heterocycles. The molecule has 2 aliphatic rings. The summed E-state index contributed by atoms with van der Waals surface area (Å²) in [5, 5.41) is 0. The van der Waals surface area contributed by atoms with E-state index in [-0.39, 0.29) is 36.0 Å². The molecule has 1 saturated carbocycles. The van der Waals surface area contributed by atoms with Crippen LogP contribution in [0.2, 0.25) is 0 Å². The Morgan fingerprint density at radius 1 is 1.25 bits per heavy atom.